The smallest absolute Gasteiger partial charge is 0.406 e. The Hall–Kier alpha value is -3.17. The number of benzene rings is 3. The van der Waals surface area contributed by atoms with Gasteiger partial charge in [0.05, 0.1) is 0 Å². The van der Waals surface area contributed by atoms with Crippen LogP contribution in [0.5, 0.6) is 0 Å². The number of rotatable bonds is 5. The van der Waals surface area contributed by atoms with Crippen molar-refractivity contribution in [3.63, 3.8) is 0 Å². The van der Waals surface area contributed by atoms with E-state index in [4.69, 9.17) is 4.84 Å². The maximum atomic E-state index is 5.18. The standard InChI is InChI=1S/C24H18N4O.Pt/c1-2-8-20(9-3-1)28(22-11-4-7-19(17-22)24-13-16-29-26-24)23-12-5-10-21(18-23)27-15-6-14-25-27;/h1-12,14-15H,13,16H2;/q-2;+2. The van der Waals surface area contributed by atoms with Crippen LogP contribution in [0.1, 0.15) is 12.0 Å². The summed E-state index contributed by atoms with van der Waals surface area (Å²) in [6.07, 6.45) is 4.47. The van der Waals surface area contributed by atoms with Gasteiger partial charge in [0, 0.05) is 23.8 Å². The predicted octanol–water partition coefficient (Wildman–Crippen LogP) is 5.06. The summed E-state index contributed by atoms with van der Waals surface area (Å²) in [7, 11) is 0. The maximum Gasteiger partial charge on any atom is 2.00 e. The van der Waals surface area contributed by atoms with Crippen molar-refractivity contribution >= 4 is 22.8 Å². The fraction of sp³-hybridized carbons (Fsp3) is 0.0833. The van der Waals surface area contributed by atoms with E-state index in [-0.39, 0.29) is 21.1 Å². The van der Waals surface area contributed by atoms with Gasteiger partial charge in [0.2, 0.25) is 0 Å². The van der Waals surface area contributed by atoms with Crippen molar-refractivity contribution in [2.75, 3.05) is 11.5 Å². The maximum absolute atomic E-state index is 5.18. The molecule has 30 heavy (non-hydrogen) atoms. The zero-order chi connectivity index (χ0) is 19.5. The van der Waals surface area contributed by atoms with E-state index < -0.39 is 0 Å². The predicted molar refractivity (Wildman–Crippen MR) is 113 cm³/mol. The molecule has 0 atom stereocenters. The molecule has 0 saturated carbocycles. The molecule has 0 fully saturated rings. The van der Waals surface area contributed by atoms with E-state index in [0.29, 0.717) is 6.61 Å². The van der Waals surface area contributed by atoms with Gasteiger partial charge in [-0.15, -0.1) is 53.2 Å². The average Bonchev–Trinajstić information content (AvgIpc) is 3.50. The Balaban J connectivity index is 0.00000218. The minimum absolute atomic E-state index is 0. The number of aromatic nitrogens is 2. The number of hydrogen-bond acceptors (Lipinski definition) is 4. The molecule has 0 amide bonds. The Bertz CT molecular complexity index is 1140. The van der Waals surface area contributed by atoms with Crippen LogP contribution in [0.15, 0.2) is 90.3 Å². The molecule has 5 rings (SSSR count). The van der Waals surface area contributed by atoms with Gasteiger partial charge in [-0.25, -0.2) is 0 Å². The average molecular weight is 574 g/mol. The van der Waals surface area contributed by atoms with E-state index in [9.17, 15) is 0 Å². The Morgan fingerprint density at radius 3 is 2.40 bits per heavy atom. The van der Waals surface area contributed by atoms with E-state index in [1.807, 2.05) is 66.9 Å². The molecule has 150 valence electrons. The quantitative estimate of drug-likeness (QED) is 0.314. The van der Waals surface area contributed by atoms with Crippen molar-refractivity contribution in [3.8, 4) is 5.69 Å². The van der Waals surface area contributed by atoms with Crippen molar-refractivity contribution in [2.45, 2.75) is 6.42 Å². The molecule has 0 N–H and O–H groups in total. The molecule has 1 aliphatic rings. The summed E-state index contributed by atoms with van der Waals surface area (Å²) in [5, 5.41) is 8.48. The SMILES string of the molecule is [Pt+2].[c-]1c(C2=NOCC2)cccc1N(c1[c-]c(-n2cccn2)ccc1)c1ccccc1. The normalized spacial score (nSPS) is 12.6. The summed E-state index contributed by atoms with van der Waals surface area (Å²) in [5.41, 5.74) is 5.59. The molecule has 0 aliphatic carbocycles. The van der Waals surface area contributed by atoms with Gasteiger partial charge in [-0.3, -0.25) is 4.68 Å². The van der Waals surface area contributed by atoms with Gasteiger partial charge in [0.25, 0.3) is 0 Å². The molecule has 6 heteroatoms. The summed E-state index contributed by atoms with van der Waals surface area (Å²) in [4.78, 5) is 7.31. The first-order chi connectivity index (χ1) is 14.4. The van der Waals surface area contributed by atoms with Crippen LogP contribution in [0, 0.1) is 12.1 Å². The van der Waals surface area contributed by atoms with Crippen molar-refractivity contribution < 1.29 is 25.9 Å². The van der Waals surface area contributed by atoms with Gasteiger partial charge in [-0.05, 0) is 36.0 Å². The molecule has 0 radical (unpaired) electrons. The third-order valence-corrected chi connectivity index (χ3v) is 4.71. The number of nitrogens with zero attached hydrogens (tertiary/aromatic N) is 4. The Morgan fingerprint density at radius 1 is 0.867 bits per heavy atom. The summed E-state index contributed by atoms with van der Waals surface area (Å²) in [6.45, 7) is 0.621. The number of hydrogen-bond donors (Lipinski definition) is 0. The zero-order valence-electron chi connectivity index (χ0n) is 16.0. The van der Waals surface area contributed by atoms with Crippen LogP contribution in [-0.2, 0) is 25.9 Å². The van der Waals surface area contributed by atoms with E-state index in [0.717, 1.165) is 40.4 Å². The van der Waals surface area contributed by atoms with Crippen LogP contribution in [0.4, 0.5) is 17.1 Å². The monoisotopic (exact) mass is 573 g/mol. The van der Waals surface area contributed by atoms with Gasteiger partial charge in [0.1, 0.15) is 6.61 Å². The van der Waals surface area contributed by atoms with Gasteiger partial charge in [-0.1, -0.05) is 23.9 Å². The van der Waals surface area contributed by atoms with Crippen LogP contribution in [0.3, 0.4) is 0 Å². The minimum Gasteiger partial charge on any atom is -0.406 e. The molecule has 1 aliphatic heterocycles. The minimum atomic E-state index is 0. The summed E-state index contributed by atoms with van der Waals surface area (Å²) in [6, 6.07) is 31.2. The van der Waals surface area contributed by atoms with Gasteiger partial charge in [0.15, 0.2) is 0 Å². The summed E-state index contributed by atoms with van der Waals surface area (Å²) in [5.74, 6) is 0. The second-order valence-corrected chi connectivity index (χ2v) is 6.61. The Kier molecular flexibility index (Phi) is 6.10. The first kappa shape index (κ1) is 20.1. The van der Waals surface area contributed by atoms with Crippen molar-refractivity contribution in [1.82, 2.24) is 9.78 Å². The number of para-hydroxylation sites is 1. The topological polar surface area (TPSA) is 42.6 Å². The fourth-order valence-electron chi connectivity index (χ4n) is 3.36. The van der Waals surface area contributed by atoms with Crippen LogP contribution in [0.25, 0.3) is 5.69 Å². The van der Waals surface area contributed by atoms with Crippen molar-refractivity contribution in [1.29, 1.82) is 0 Å². The van der Waals surface area contributed by atoms with E-state index in [2.05, 4.69) is 39.4 Å². The van der Waals surface area contributed by atoms with Gasteiger partial charge >= 0.3 is 21.1 Å². The van der Waals surface area contributed by atoms with Crippen LogP contribution in [0.2, 0.25) is 0 Å². The van der Waals surface area contributed by atoms with Gasteiger partial charge in [-0.2, -0.15) is 11.2 Å². The van der Waals surface area contributed by atoms with Crippen LogP contribution in [-0.4, -0.2) is 22.1 Å². The van der Waals surface area contributed by atoms with E-state index >= 15 is 0 Å². The molecule has 0 bridgehead atoms. The first-order valence-electron chi connectivity index (χ1n) is 9.47. The number of anilines is 3. The Labute approximate surface area is 189 Å². The molecule has 1 aromatic heterocycles. The van der Waals surface area contributed by atoms with Crippen molar-refractivity contribution in [3.05, 3.63) is 103 Å². The summed E-state index contributed by atoms with van der Waals surface area (Å²) >= 11 is 0. The van der Waals surface area contributed by atoms with Crippen LogP contribution >= 0.6 is 0 Å². The second-order valence-electron chi connectivity index (χ2n) is 6.61. The van der Waals surface area contributed by atoms with Gasteiger partial charge < -0.3 is 9.74 Å². The molecule has 0 saturated heterocycles. The molecule has 0 unspecified atom stereocenters. The zero-order valence-corrected chi connectivity index (χ0v) is 18.3. The fourth-order valence-corrected chi connectivity index (χ4v) is 3.36. The third-order valence-electron chi connectivity index (χ3n) is 4.71. The van der Waals surface area contributed by atoms with Crippen molar-refractivity contribution in [2.24, 2.45) is 5.16 Å². The molecular formula is C24H18N4OPt. The van der Waals surface area contributed by atoms with E-state index in [1.165, 1.54) is 0 Å². The molecule has 4 aromatic rings. The summed E-state index contributed by atoms with van der Waals surface area (Å²) < 4.78 is 1.80. The van der Waals surface area contributed by atoms with Crippen LogP contribution < -0.4 is 4.90 Å². The second kappa shape index (κ2) is 9.10. The third kappa shape index (κ3) is 4.07. The molecule has 2 heterocycles. The molecule has 0 spiro atoms. The molecular weight excluding hydrogens is 555 g/mol. The Morgan fingerprint density at radius 2 is 1.67 bits per heavy atom. The van der Waals surface area contributed by atoms with E-state index in [1.54, 1.807) is 10.9 Å². The molecule has 3 aromatic carbocycles. The largest absolute Gasteiger partial charge is 2.00 e. The first-order valence-corrected chi connectivity index (χ1v) is 9.47. The number of oxime groups is 1. The molecule has 5 nitrogen and oxygen atoms in total.